The number of carbonyl (C=O) groups excluding carboxylic acids is 2. The maximum atomic E-state index is 13.0. The highest BCUT2D eigenvalue weighted by atomic mass is 16.3. The molecule has 1 aliphatic rings. The zero-order valence-electron chi connectivity index (χ0n) is 16.5. The predicted molar refractivity (Wildman–Crippen MR) is 113 cm³/mol. The molecule has 2 aromatic carbocycles. The van der Waals surface area contributed by atoms with E-state index in [0.29, 0.717) is 11.1 Å². The normalized spacial score (nSPS) is 18.1. The lowest BCUT2D eigenvalue weighted by Gasteiger charge is -2.25. The van der Waals surface area contributed by atoms with Gasteiger partial charge in [-0.05, 0) is 54.8 Å². The van der Waals surface area contributed by atoms with E-state index in [9.17, 15) is 19.8 Å². The van der Waals surface area contributed by atoms with Gasteiger partial charge in [-0.15, -0.1) is 0 Å². The summed E-state index contributed by atoms with van der Waals surface area (Å²) in [7, 11) is 0. The Balaban J connectivity index is 1.97. The number of para-hydroxylation sites is 2. The van der Waals surface area contributed by atoms with Crippen LogP contribution in [0.4, 0.5) is 5.69 Å². The number of anilines is 1. The van der Waals surface area contributed by atoms with Gasteiger partial charge in [0.2, 0.25) is 0 Å². The van der Waals surface area contributed by atoms with Gasteiger partial charge in [-0.2, -0.15) is 0 Å². The molecule has 30 heavy (non-hydrogen) atoms. The molecule has 1 unspecified atom stereocenters. The maximum absolute atomic E-state index is 13.0. The highest BCUT2D eigenvalue weighted by molar-refractivity contribution is 6.51. The molecule has 4 rings (SSSR count). The summed E-state index contributed by atoms with van der Waals surface area (Å²) in [6.07, 6.45) is 3.12. The number of hydrogen-bond acceptors (Lipinski definition) is 5. The van der Waals surface area contributed by atoms with Crippen molar-refractivity contribution in [1.82, 2.24) is 4.98 Å². The lowest BCUT2D eigenvalue weighted by atomic mass is 9.95. The van der Waals surface area contributed by atoms with Gasteiger partial charge in [0.05, 0.1) is 17.3 Å². The Morgan fingerprint density at radius 2 is 1.77 bits per heavy atom. The Labute approximate surface area is 173 Å². The van der Waals surface area contributed by atoms with Gasteiger partial charge in [0.1, 0.15) is 11.5 Å². The zero-order chi connectivity index (χ0) is 21.4. The molecule has 1 fully saturated rings. The van der Waals surface area contributed by atoms with Crippen LogP contribution in [0, 0.1) is 13.8 Å². The Morgan fingerprint density at radius 3 is 2.43 bits per heavy atom. The fraction of sp³-hybridized carbons (Fsp3) is 0.125. The lowest BCUT2D eigenvalue weighted by Crippen LogP contribution is -2.29. The quantitative estimate of drug-likeness (QED) is 0.394. The van der Waals surface area contributed by atoms with Crippen molar-refractivity contribution in [2.45, 2.75) is 19.9 Å². The van der Waals surface area contributed by atoms with Gasteiger partial charge in [0.15, 0.2) is 0 Å². The number of phenols is 1. The van der Waals surface area contributed by atoms with Gasteiger partial charge in [0.25, 0.3) is 11.7 Å². The summed E-state index contributed by atoms with van der Waals surface area (Å²) >= 11 is 0. The van der Waals surface area contributed by atoms with E-state index in [4.69, 9.17) is 0 Å². The molecule has 1 aromatic heterocycles. The van der Waals surface area contributed by atoms with Crippen LogP contribution in [0.5, 0.6) is 5.75 Å². The third kappa shape index (κ3) is 3.12. The first-order valence-electron chi connectivity index (χ1n) is 9.46. The summed E-state index contributed by atoms with van der Waals surface area (Å²) < 4.78 is 0. The minimum Gasteiger partial charge on any atom is -0.507 e. The van der Waals surface area contributed by atoms with Crippen molar-refractivity contribution >= 4 is 23.1 Å². The minimum atomic E-state index is -0.923. The second-order valence-electron chi connectivity index (χ2n) is 7.24. The third-order valence-electron chi connectivity index (χ3n) is 5.37. The van der Waals surface area contributed by atoms with Crippen LogP contribution in [0.15, 0.2) is 72.6 Å². The van der Waals surface area contributed by atoms with E-state index >= 15 is 0 Å². The fourth-order valence-corrected chi connectivity index (χ4v) is 3.65. The summed E-state index contributed by atoms with van der Waals surface area (Å²) in [5, 5.41) is 21.4. The van der Waals surface area contributed by atoms with E-state index < -0.39 is 17.7 Å². The molecule has 0 radical (unpaired) electrons. The Bertz CT molecular complexity index is 1180. The van der Waals surface area contributed by atoms with Gasteiger partial charge in [-0.3, -0.25) is 19.5 Å². The predicted octanol–water partition coefficient (Wildman–Crippen LogP) is 4.03. The molecule has 2 heterocycles. The third-order valence-corrected chi connectivity index (χ3v) is 5.37. The van der Waals surface area contributed by atoms with Crippen LogP contribution < -0.4 is 4.90 Å². The molecule has 0 bridgehead atoms. The SMILES string of the molecule is Cc1ccc(/C(O)=C2/C(=O)C(=O)N(c3ccccc3O)C2c2cccnc2)cc1C. The Kier molecular flexibility index (Phi) is 4.83. The second-order valence-corrected chi connectivity index (χ2v) is 7.24. The fourth-order valence-electron chi connectivity index (χ4n) is 3.65. The van der Waals surface area contributed by atoms with Crippen LogP contribution in [0.2, 0.25) is 0 Å². The molecule has 6 nitrogen and oxygen atoms in total. The molecule has 0 saturated carbocycles. The molecule has 1 atom stereocenters. The zero-order valence-corrected chi connectivity index (χ0v) is 16.5. The number of hydrogen-bond donors (Lipinski definition) is 2. The number of carbonyl (C=O) groups is 2. The molecule has 1 aliphatic heterocycles. The van der Waals surface area contributed by atoms with E-state index in [1.807, 2.05) is 19.9 Å². The summed E-state index contributed by atoms with van der Waals surface area (Å²) in [5.74, 6) is -2.04. The molecule has 3 aromatic rings. The molecule has 0 aliphatic carbocycles. The lowest BCUT2D eigenvalue weighted by molar-refractivity contribution is -0.132. The molecule has 0 spiro atoms. The van der Waals surface area contributed by atoms with Gasteiger partial charge in [-0.25, -0.2) is 0 Å². The Morgan fingerprint density at radius 1 is 1.00 bits per heavy atom. The average Bonchev–Trinajstić information content (AvgIpc) is 3.01. The average molecular weight is 400 g/mol. The highest BCUT2D eigenvalue weighted by Crippen LogP contribution is 2.44. The van der Waals surface area contributed by atoms with Gasteiger partial charge in [-0.1, -0.05) is 30.3 Å². The minimum absolute atomic E-state index is 0.0421. The van der Waals surface area contributed by atoms with Crippen molar-refractivity contribution < 1.29 is 19.8 Å². The number of Topliss-reactive ketones (excluding diaryl/α,β-unsaturated/α-hetero) is 1. The monoisotopic (exact) mass is 400 g/mol. The van der Waals surface area contributed by atoms with Crippen LogP contribution in [-0.2, 0) is 9.59 Å². The van der Waals surface area contributed by atoms with E-state index in [0.717, 1.165) is 11.1 Å². The highest BCUT2D eigenvalue weighted by Gasteiger charge is 2.47. The standard InChI is InChI=1S/C24H20N2O4/c1-14-9-10-16(12-15(14)2)22(28)20-21(17-6-5-11-25-13-17)26(24(30)23(20)29)18-7-3-4-8-19(18)27/h3-13,21,27-28H,1-2H3/b22-20-. The van der Waals surface area contributed by atoms with E-state index in [1.165, 1.54) is 17.2 Å². The summed E-state index contributed by atoms with van der Waals surface area (Å²) in [4.78, 5) is 31.4. The number of rotatable bonds is 3. The van der Waals surface area contributed by atoms with Crippen molar-refractivity contribution in [3.05, 3.63) is 94.8 Å². The molecule has 150 valence electrons. The number of benzene rings is 2. The van der Waals surface area contributed by atoms with Crippen molar-refractivity contribution in [2.75, 3.05) is 4.90 Å². The summed E-state index contributed by atoms with van der Waals surface area (Å²) in [6.45, 7) is 3.86. The topological polar surface area (TPSA) is 90.7 Å². The van der Waals surface area contributed by atoms with Crippen LogP contribution in [0.25, 0.3) is 5.76 Å². The maximum Gasteiger partial charge on any atom is 0.300 e. The molecule has 2 N–H and O–H groups in total. The number of aliphatic hydroxyl groups is 1. The number of phenolic OH excluding ortho intramolecular Hbond substituents is 1. The number of aromatic hydroxyl groups is 1. The first-order valence-corrected chi connectivity index (χ1v) is 9.46. The van der Waals surface area contributed by atoms with Crippen LogP contribution in [0.3, 0.4) is 0 Å². The number of ketones is 1. The first-order chi connectivity index (χ1) is 14.4. The van der Waals surface area contributed by atoms with Crippen LogP contribution in [0.1, 0.15) is 28.3 Å². The summed E-state index contributed by atoms with van der Waals surface area (Å²) in [6, 6.07) is 14.1. The van der Waals surface area contributed by atoms with Gasteiger partial charge >= 0.3 is 0 Å². The summed E-state index contributed by atoms with van der Waals surface area (Å²) in [5.41, 5.74) is 3.14. The van der Waals surface area contributed by atoms with Crippen molar-refractivity contribution in [3.63, 3.8) is 0 Å². The second kappa shape index (κ2) is 7.48. The van der Waals surface area contributed by atoms with Crippen LogP contribution >= 0.6 is 0 Å². The van der Waals surface area contributed by atoms with Crippen LogP contribution in [-0.4, -0.2) is 26.9 Å². The number of pyridine rings is 1. The number of aliphatic hydroxyl groups excluding tert-OH is 1. The first kappa shape index (κ1) is 19.4. The molecule has 6 heteroatoms. The van der Waals surface area contributed by atoms with E-state index in [2.05, 4.69) is 4.98 Å². The van der Waals surface area contributed by atoms with Crippen molar-refractivity contribution in [2.24, 2.45) is 0 Å². The molecule has 1 amide bonds. The van der Waals surface area contributed by atoms with E-state index in [-0.39, 0.29) is 22.8 Å². The number of amides is 1. The molecular weight excluding hydrogens is 380 g/mol. The molecular formula is C24H20N2O4. The largest absolute Gasteiger partial charge is 0.507 e. The molecule has 1 saturated heterocycles. The number of aromatic nitrogens is 1. The Hall–Kier alpha value is -3.93. The van der Waals surface area contributed by atoms with E-state index in [1.54, 1.807) is 48.7 Å². The smallest absolute Gasteiger partial charge is 0.300 e. The number of aryl methyl sites for hydroxylation is 2. The number of nitrogens with zero attached hydrogens (tertiary/aromatic N) is 2. The van der Waals surface area contributed by atoms with Gasteiger partial charge < -0.3 is 10.2 Å². The van der Waals surface area contributed by atoms with Gasteiger partial charge in [0, 0.05) is 18.0 Å². The van der Waals surface area contributed by atoms with Crippen molar-refractivity contribution in [3.8, 4) is 5.75 Å². The van der Waals surface area contributed by atoms with Crippen molar-refractivity contribution in [1.29, 1.82) is 0 Å².